The molecule has 3 rings (SSSR count). The molecule has 1 heterocycles. The number of hydrogen-bond donors (Lipinski definition) is 3. The summed E-state index contributed by atoms with van der Waals surface area (Å²) in [5.41, 5.74) is -1.24. The number of hydrogen-bond acceptors (Lipinski definition) is 5. The molecule has 1 amide bonds. The lowest BCUT2D eigenvalue weighted by molar-refractivity contribution is -0.137. The normalized spacial score (nSPS) is 12.6. The first-order chi connectivity index (χ1) is 13.8. The van der Waals surface area contributed by atoms with Crippen molar-refractivity contribution in [1.82, 2.24) is 15.5 Å². The lowest BCUT2D eigenvalue weighted by Crippen LogP contribution is -2.36. The molecule has 0 spiro atoms. The molecule has 7 nitrogen and oxygen atoms in total. The average Bonchev–Trinajstić information content (AvgIpc) is 2.70. The van der Waals surface area contributed by atoms with Gasteiger partial charge in [-0.15, -0.1) is 0 Å². The van der Waals surface area contributed by atoms with E-state index in [0.29, 0.717) is 10.8 Å². The number of ether oxygens (including phenoxy) is 1. The van der Waals surface area contributed by atoms with Crippen molar-refractivity contribution in [3.63, 3.8) is 0 Å². The van der Waals surface area contributed by atoms with E-state index in [2.05, 4.69) is 15.5 Å². The van der Waals surface area contributed by atoms with Gasteiger partial charge in [-0.25, -0.2) is 5.10 Å². The lowest BCUT2D eigenvalue weighted by Gasteiger charge is -2.14. The van der Waals surface area contributed by atoms with Gasteiger partial charge >= 0.3 is 6.18 Å². The summed E-state index contributed by atoms with van der Waals surface area (Å²) < 4.78 is 42.8. The zero-order valence-electron chi connectivity index (χ0n) is 14.9. The summed E-state index contributed by atoms with van der Waals surface area (Å²) in [4.78, 5) is 24.1. The van der Waals surface area contributed by atoms with E-state index in [0.717, 1.165) is 24.3 Å². The highest BCUT2D eigenvalue weighted by molar-refractivity contribution is 6.04. The first-order valence-electron chi connectivity index (χ1n) is 8.49. The second-order valence-electron chi connectivity index (χ2n) is 6.14. The van der Waals surface area contributed by atoms with Gasteiger partial charge < -0.3 is 15.2 Å². The topological polar surface area (TPSA) is 104 Å². The predicted molar refractivity (Wildman–Crippen MR) is 97.6 cm³/mol. The summed E-state index contributed by atoms with van der Waals surface area (Å²) >= 11 is 0. The van der Waals surface area contributed by atoms with Crippen LogP contribution in [0.15, 0.2) is 53.3 Å². The quantitative estimate of drug-likeness (QED) is 0.581. The molecule has 0 aliphatic rings. The number of aliphatic hydroxyl groups is 1. The molecule has 1 aromatic heterocycles. The van der Waals surface area contributed by atoms with Gasteiger partial charge in [-0.05, 0) is 30.3 Å². The third-order valence-electron chi connectivity index (χ3n) is 4.03. The van der Waals surface area contributed by atoms with E-state index >= 15 is 0 Å². The number of rotatable bonds is 6. The van der Waals surface area contributed by atoms with Crippen LogP contribution in [0.5, 0.6) is 5.75 Å². The van der Waals surface area contributed by atoms with Crippen LogP contribution in [0.1, 0.15) is 16.1 Å². The SMILES string of the molecule is O=C(NCC(O)COc1ccc(C(F)(F)F)cc1)c1n[nH]c(=O)c2ccccc12. The number of carbonyl (C=O) groups is 1. The summed E-state index contributed by atoms with van der Waals surface area (Å²) in [5.74, 6) is -0.456. The fraction of sp³-hybridized carbons (Fsp3) is 0.211. The van der Waals surface area contributed by atoms with Crippen LogP contribution in [-0.4, -0.2) is 40.5 Å². The Morgan fingerprint density at radius 2 is 1.79 bits per heavy atom. The Labute approximate surface area is 162 Å². The van der Waals surface area contributed by atoms with Crippen LogP contribution in [0, 0.1) is 0 Å². The summed E-state index contributed by atoms with van der Waals surface area (Å²) in [5, 5.41) is 19.1. The molecule has 29 heavy (non-hydrogen) atoms. The minimum Gasteiger partial charge on any atom is -0.491 e. The molecule has 3 N–H and O–H groups in total. The minimum atomic E-state index is -4.44. The maximum absolute atomic E-state index is 12.5. The van der Waals surface area contributed by atoms with Crippen molar-refractivity contribution in [3.05, 3.63) is 70.1 Å². The molecule has 1 atom stereocenters. The monoisotopic (exact) mass is 407 g/mol. The Kier molecular flexibility index (Phi) is 5.83. The molecular formula is C19H16F3N3O4. The van der Waals surface area contributed by atoms with E-state index in [1.807, 2.05) is 0 Å². The van der Waals surface area contributed by atoms with Gasteiger partial charge in [0.05, 0.1) is 10.9 Å². The van der Waals surface area contributed by atoms with E-state index < -0.39 is 29.3 Å². The number of nitrogens with one attached hydrogen (secondary N) is 2. The smallest absolute Gasteiger partial charge is 0.416 e. The molecule has 0 aliphatic heterocycles. The van der Waals surface area contributed by atoms with Crippen molar-refractivity contribution in [1.29, 1.82) is 0 Å². The van der Waals surface area contributed by atoms with E-state index in [4.69, 9.17) is 4.74 Å². The van der Waals surface area contributed by atoms with Crippen molar-refractivity contribution in [3.8, 4) is 5.75 Å². The van der Waals surface area contributed by atoms with Gasteiger partial charge in [0.1, 0.15) is 18.5 Å². The van der Waals surface area contributed by atoms with Crippen molar-refractivity contribution >= 4 is 16.7 Å². The van der Waals surface area contributed by atoms with Gasteiger partial charge in [-0.3, -0.25) is 9.59 Å². The number of benzene rings is 2. The number of fused-ring (bicyclic) bond motifs is 1. The summed E-state index contributed by atoms with van der Waals surface area (Å²) in [6.07, 6.45) is -5.56. The number of aromatic nitrogens is 2. The highest BCUT2D eigenvalue weighted by Gasteiger charge is 2.30. The molecule has 2 aromatic carbocycles. The molecule has 0 aliphatic carbocycles. The van der Waals surface area contributed by atoms with Gasteiger partial charge in [-0.1, -0.05) is 18.2 Å². The molecule has 152 valence electrons. The standard InChI is InChI=1S/C19H16F3N3O4/c20-19(21,22)11-5-7-13(8-6-11)29-10-12(26)9-23-18(28)16-14-3-1-2-4-15(14)17(27)25-24-16/h1-8,12,26H,9-10H2,(H,23,28)(H,25,27). The summed E-state index contributed by atoms with van der Waals surface area (Å²) in [6.45, 7) is -0.431. The van der Waals surface area contributed by atoms with Gasteiger partial charge in [0, 0.05) is 11.9 Å². The highest BCUT2D eigenvalue weighted by atomic mass is 19.4. The number of halogens is 3. The third kappa shape index (κ3) is 4.91. The highest BCUT2D eigenvalue weighted by Crippen LogP contribution is 2.30. The van der Waals surface area contributed by atoms with Crippen LogP contribution >= 0.6 is 0 Å². The predicted octanol–water partition coefficient (Wildman–Crippen LogP) is 2.11. The van der Waals surface area contributed by atoms with Gasteiger partial charge in [0.25, 0.3) is 11.5 Å². The zero-order chi connectivity index (χ0) is 21.0. The second-order valence-corrected chi connectivity index (χ2v) is 6.14. The van der Waals surface area contributed by atoms with Crippen LogP contribution in [0.3, 0.4) is 0 Å². The van der Waals surface area contributed by atoms with Crippen molar-refractivity contribution < 1.29 is 27.8 Å². The molecule has 10 heteroatoms. The Hall–Kier alpha value is -3.40. The van der Waals surface area contributed by atoms with Crippen molar-refractivity contribution in [2.75, 3.05) is 13.2 Å². The maximum atomic E-state index is 12.5. The number of amides is 1. The van der Waals surface area contributed by atoms with Crippen LogP contribution in [0.4, 0.5) is 13.2 Å². The number of aliphatic hydroxyl groups excluding tert-OH is 1. The Bertz CT molecular complexity index is 1060. The summed E-state index contributed by atoms with van der Waals surface area (Å²) in [7, 11) is 0. The molecular weight excluding hydrogens is 391 g/mol. The molecule has 1 unspecified atom stereocenters. The van der Waals surface area contributed by atoms with E-state index in [9.17, 15) is 27.9 Å². The van der Waals surface area contributed by atoms with E-state index in [-0.39, 0.29) is 24.6 Å². The van der Waals surface area contributed by atoms with Crippen LogP contribution in [-0.2, 0) is 6.18 Å². The molecule has 0 saturated heterocycles. The average molecular weight is 407 g/mol. The third-order valence-corrected chi connectivity index (χ3v) is 4.03. The molecule has 0 bridgehead atoms. The Balaban J connectivity index is 1.56. The first-order valence-corrected chi connectivity index (χ1v) is 8.49. The Morgan fingerprint density at radius 1 is 1.14 bits per heavy atom. The molecule has 0 fully saturated rings. The van der Waals surface area contributed by atoms with Gasteiger partial charge in [0.2, 0.25) is 0 Å². The number of nitrogens with zero attached hydrogens (tertiary/aromatic N) is 1. The van der Waals surface area contributed by atoms with Gasteiger partial charge in [-0.2, -0.15) is 18.3 Å². The van der Waals surface area contributed by atoms with Crippen LogP contribution < -0.4 is 15.6 Å². The Morgan fingerprint density at radius 3 is 2.45 bits per heavy atom. The number of H-pyrrole nitrogens is 1. The van der Waals surface area contributed by atoms with Crippen molar-refractivity contribution in [2.24, 2.45) is 0 Å². The summed E-state index contributed by atoms with van der Waals surface area (Å²) in [6, 6.07) is 10.5. The van der Waals surface area contributed by atoms with Crippen molar-refractivity contribution in [2.45, 2.75) is 12.3 Å². The zero-order valence-corrected chi connectivity index (χ0v) is 14.9. The fourth-order valence-electron chi connectivity index (χ4n) is 2.57. The largest absolute Gasteiger partial charge is 0.491 e. The first kappa shape index (κ1) is 20.3. The maximum Gasteiger partial charge on any atom is 0.416 e. The second kappa shape index (κ2) is 8.31. The number of carbonyl (C=O) groups excluding carboxylic acids is 1. The van der Waals surface area contributed by atoms with E-state index in [1.54, 1.807) is 24.3 Å². The number of aromatic amines is 1. The molecule has 0 radical (unpaired) electrons. The van der Waals surface area contributed by atoms with Crippen LogP contribution in [0.2, 0.25) is 0 Å². The van der Waals surface area contributed by atoms with E-state index in [1.165, 1.54) is 0 Å². The fourth-order valence-corrected chi connectivity index (χ4v) is 2.57. The van der Waals surface area contributed by atoms with Gasteiger partial charge in [0.15, 0.2) is 5.69 Å². The molecule has 3 aromatic rings. The number of alkyl halides is 3. The molecule has 0 saturated carbocycles. The minimum absolute atomic E-state index is 0.00365. The van der Waals surface area contributed by atoms with Crippen LogP contribution in [0.25, 0.3) is 10.8 Å². The lowest BCUT2D eigenvalue weighted by atomic mass is 10.1.